The second-order valence-electron chi connectivity index (χ2n) is 6.18. The third-order valence-corrected chi connectivity index (χ3v) is 5.45. The van der Waals surface area contributed by atoms with Gasteiger partial charge in [-0.2, -0.15) is 13.2 Å². The van der Waals surface area contributed by atoms with Gasteiger partial charge >= 0.3 is 6.18 Å². The summed E-state index contributed by atoms with van der Waals surface area (Å²) in [6, 6.07) is 13.5. The van der Waals surface area contributed by atoms with Crippen LogP contribution in [0.1, 0.15) is 0 Å². The molecule has 26 heavy (non-hydrogen) atoms. The Bertz CT molecular complexity index is 886. The van der Waals surface area contributed by atoms with Crippen molar-refractivity contribution in [2.75, 3.05) is 29.3 Å². The van der Waals surface area contributed by atoms with Crippen molar-refractivity contribution in [3.05, 3.63) is 54.6 Å². The molecule has 1 heterocycles. The first-order valence-electron chi connectivity index (χ1n) is 7.69. The van der Waals surface area contributed by atoms with Gasteiger partial charge in [-0.3, -0.25) is 0 Å². The van der Waals surface area contributed by atoms with Gasteiger partial charge in [0.05, 0.1) is 18.1 Å². The lowest BCUT2D eigenvalue weighted by Crippen LogP contribution is -2.57. The lowest BCUT2D eigenvalue weighted by atomic mass is 10.1. The second kappa shape index (κ2) is 6.17. The van der Waals surface area contributed by atoms with E-state index >= 15 is 0 Å². The van der Waals surface area contributed by atoms with Crippen LogP contribution in [0.3, 0.4) is 0 Å². The van der Waals surface area contributed by atoms with Crippen LogP contribution in [0, 0.1) is 0 Å². The van der Waals surface area contributed by atoms with Crippen LogP contribution in [0.25, 0.3) is 0 Å². The molecule has 1 aliphatic rings. The molecule has 0 aromatic heterocycles. The first-order chi connectivity index (χ1) is 12.0. The molecule has 0 bridgehead atoms. The van der Waals surface area contributed by atoms with Crippen LogP contribution in [0.4, 0.5) is 24.5 Å². The van der Waals surface area contributed by atoms with E-state index in [0.29, 0.717) is 5.69 Å². The lowest BCUT2D eigenvalue weighted by molar-refractivity contribution is -0.249. The molecule has 2 aromatic rings. The van der Waals surface area contributed by atoms with Gasteiger partial charge in [0.15, 0.2) is 9.84 Å². The smallest absolute Gasteiger partial charge is 0.362 e. The SMILES string of the molecule is CS(=O)(=O)c1ccc(N2CN(c3ccccc3)CC2(O)C(F)(F)F)cc1. The molecule has 1 N–H and O–H groups in total. The zero-order valence-corrected chi connectivity index (χ0v) is 14.6. The molecule has 2 aromatic carbocycles. The number of β-amino-alcohol motifs (C(OH)–C–C–N with tert-alkyl or cyclic N) is 1. The average Bonchev–Trinajstić information content (AvgIpc) is 2.94. The molecule has 5 nitrogen and oxygen atoms in total. The van der Waals surface area contributed by atoms with Gasteiger partial charge in [-0.15, -0.1) is 0 Å². The summed E-state index contributed by atoms with van der Waals surface area (Å²) in [6.07, 6.45) is -3.88. The van der Waals surface area contributed by atoms with Crippen LogP contribution in [0.15, 0.2) is 59.5 Å². The van der Waals surface area contributed by atoms with Gasteiger partial charge < -0.3 is 14.9 Å². The zero-order valence-electron chi connectivity index (χ0n) is 13.8. The van der Waals surface area contributed by atoms with E-state index in [0.717, 1.165) is 11.2 Å². The minimum atomic E-state index is -4.90. The van der Waals surface area contributed by atoms with Crippen molar-refractivity contribution >= 4 is 21.2 Å². The Hall–Kier alpha value is -2.26. The number of aliphatic hydroxyl groups is 1. The Kier molecular flexibility index (Phi) is 4.40. The van der Waals surface area contributed by atoms with Crippen LogP contribution in [0.5, 0.6) is 0 Å². The Balaban J connectivity index is 2.00. The predicted octanol–water partition coefficient (Wildman–Crippen LogP) is 2.63. The normalized spacial score (nSPS) is 21.3. The van der Waals surface area contributed by atoms with Crippen LogP contribution >= 0.6 is 0 Å². The quantitative estimate of drug-likeness (QED) is 0.879. The van der Waals surface area contributed by atoms with Crippen molar-refractivity contribution in [2.24, 2.45) is 0 Å². The summed E-state index contributed by atoms with van der Waals surface area (Å²) in [4.78, 5) is 2.24. The topological polar surface area (TPSA) is 60.9 Å². The van der Waals surface area contributed by atoms with Gasteiger partial charge in [0.2, 0.25) is 0 Å². The van der Waals surface area contributed by atoms with E-state index in [-0.39, 0.29) is 17.3 Å². The van der Waals surface area contributed by atoms with E-state index in [1.807, 2.05) is 0 Å². The highest BCUT2D eigenvalue weighted by Gasteiger charge is 2.62. The van der Waals surface area contributed by atoms with Crippen LogP contribution in [-0.2, 0) is 9.84 Å². The number of rotatable bonds is 3. The standard InChI is InChI=1S/C17H17F3N2O3S/c1-26(24,25)15-9-7-14(8-10-15)22-12-21(13-5-3-2-4-6-13)11-16(22,23)17(18,19)20/h2-10,23H,11-12H2,1H3. The molecule has 1 unspecified atom stereocenters. The molecular formula is C17H17F3N2O3S. The van der Waals surface area contributed by atoms with E-state index in [1.165, 1.54) is 29.2 Å². The monoisotopic (exact) mass is 386 g/mol. The lowest BCUT2D eigenvalue weighted by Gasteiger charge is -2.35. The highest BCUT2D eigenvalue weighted by Crippen LogP contribution is 2.42. The fraction of sp³-hybridized carbons (Fsp3) is 0.294. The highest BCUT2D eigenvalue weighted by atomic mass is 32.2. The molecule has 1 saturated heterocycles. The Morgan fingerprint density at radius 1 is 1.00 bits per heavy atom. The average molecular weight is 386 g/mol. The zero-order chi connectivity index (χ0) is 19.2. The minimum absolute atomic E-state index is 0.00379. The predicted molar refractivity (Wildman–Crippen MR) is 91.7 cm³/mol. The first kappa shape index (κ1) is 18.5. The molecule has 9 heteroatoms. The summed E-state index contributed by atoms with van der Waals surface area (Å²) in [5.41, 5.74) is -2.46. The van der Waals surface area contributed by atoms with E-state index in [9.17, 15) is 26.7 Å². The maximum Gasteiger partial charge on any atom is 0.438 e. The summed E-state index contributed by atoms with van der Waals surface area (Å²) in [5, 5.41) is 10.4. The third kappa shape index (κ3) is 3.24. The summed E-state index contributed by atoms with van der Waals surface area (Å²) in [6.45, 7) is -0.855. The molecule has 0 amide bonds. The summed E-state index contributed by atoms with van der Waals surface area (Å²) in [7, 11) is -3.47. The number of benzene rings is 2. The summed E-state index contributed by atoms with van der Waals surface area (Å²) >= 11 is 0. The Labute approximate surface area is 149 Å². The first-order valence-corrected chi connectivity index (χ1v) is 9.58. The molecule has 0 saturated carbocycles. The number of hydrogen-bond donors (Lipinski definition) is 1. The number of nitrogens with zero attached hydrogens (tertiary/aromatic N) is 2. The van der Waals surface area contributed by atoms with Gasteiger partial charge in [0.1, 0.15) is 0 Å². The fourth-order valence-electron chi connectivity index (χ4n) is 2.91. The molecule has 0 radical (unpaired) electrons. The molecule has 0 aliphatic carbocycles. The molecule has 1 aliphatic heterocycles. The van der Waals surface area contributed by atoms with Gasteiger partial charge in [0.25, 0.3) is 5.72 Å². The fourth-order valence-corrected chi connectivity index (χ4v) is 3.54. The number of halogens is 3. The van der Waals surface area contributed by atoms with E-state index in [2.05, 4.69) is 0 Å². The van der Waals surface area contributed by atoms with Crippen molar-refractivity contribution in [1.82, 2.24) is 0 Å². The molecule has 0 spiro atoms. The van der Waals surface area contributed by atoms with Crippen molar-refractivity contribution in [1.29, 1.82) is 0 Å². The number of hydrogen-bond acceptors (Lipinski definition) is 5. The van der Waals surface area contributed by atoms with E-state index < -0.39 is 28.3 Å². The van der Waals surface area contributed by atoms with Gasteiger partial charge in [-0.1, -0.05) is 18.2 Å². The van der Waals surface area contributed by atoms with Crippen LogP contribution in [0.2, 0.25) is 0 Å². The molecular weight excluding hydrogens is 369 g/mol. The van der Waals surface area contributed by atoms with Gasteiger partial charge in [-0.05, 0) is 36.4 Å². The van der Waals surface area contributed by atoms with Gasteiger partial charge in [-0.25, -0.2) is 8.42 Å². The van der Waals surface area contributed by atoms with Crippen molar-refractivity contribution < 1.29 is 26.7 Å². The molecule has 3 rings (SSSR count). The number of para-hydroxylation sites is 1. The van der Waals surface area contributed by atoms with E-state index in [4.69, 9.17) is 0 Å². The number of alkyl halides is 3. The maximum atomic E-state index is 13.6. The Morgan fingerprint density at radius 3 is 2.08 bits per heavy atom. The van der Waals surface area contributed by atoms with Gasteiger partial charge in [0, 0.05) is 17.6 Å². The minimum Gasteiger partial charge on any atom is -0.362 e. The summed E-state index contributed by atoms with van der Waals surface area (Å²) in [5.74, 6) is 0. The third-order valence-electron chi connectivity index (χ3n) is 4.32. The molecule has 1 fully saturated rings. The molecule has 140 valence electrons. The number of sulfone groups is 1. The Morgan fingerprint density at radius 2 is 1.58 bits per heavy atom. The van der Waals surface area contributed by atoms with Crippen LogP contribution in [-0.4, -0.2) is 44.9 Å². The van der Waals surface area contributed by atoms with Crippen molar-refractivity contribution in [3.63, 3.8) is 0 Å². The second-order valence-corrected chi connectivity index (χ2v) is 8.20. The number of anilines is 2. The molecule has 1 atom stereocenters. The maximum absolute atomic E-state index is 13.6. The highest BCUT2D eigenvalue weighted by molar-refractivity contribution is 7.90. The summed E-state index contributed by atoms with van der Waals surface area (Å²) < 4.78 is 63.9. The van der Waals surface area contributed by atoms with Crippen molar-refractivity contribution in [3.8, 4) is 0 Å². The van der Waals surface area contributed by atoms with Crippen molar-refractivity contribution in [2.45, 2.75) is 16.8 Å². The van der Waals surface area contributed by atoms with Crippen LogP contribution < -0.4 is 9.80 Å². The van der Waals surface area contributed by atoms with E-state index in [1.54, 1.807) is 30.3 Å². The largest absolute Gasteiger partial charge is 0.438 e.